The van der Waals surface area contributed by atoms with Crippen LogP contribution in [-0.2, 0) is 24.3 Å². The lowest BCUT2D eigenvalue weighted by molar-refractivity contribution is -0.119. The molecule has 6 heteroatoms. The third-order valence-electron chi connectivity index (χ3n) is 4.43. The van der Waals surface area contributed by atoms with Crippen LogP contribution in [0.2, 0.25) is 0 Å². The van der Waals surface area contributed by atoms with Crippen LogP contribution < -0.4 is 16.0 Å². The summed E-state index contributed by atoms with van der Waals surface area (Å²) in [5, 5.41) is 9.64. The Morgan fingerprint density at radius 2 is 1.85 bits per heavy atom. The molecular formula is C21H30N4OS. The molecule has 27 heavy (non-hydrogen) atoms. The van der Waals surface area contributed by atoms with Gasteiger partial charge >= 0.3 is 0 Å². The lowest BCUT2D eigenvalue weighted by Gasteiger charge is -2.13. The number of aryl methyl sites for hydroxylation is 1. The van der Waals surface area contributed by atoms with Gasteiger partial charge in [-0.05, 0) is 42.7 Å². The molecule has 0 aliphatic carbocycles. The molecule has 0 spiro atoms. The largest absolute Gasteiger partial charge is 0.352 e. The number of thiophene rings is 1. The third-order valence-corrected chi connectivity index (χ3v) is 5.66. The van der Waals surface area contributed by atoms with E-state index in [1.807, 2.05) is 49.4 Å². The maximum Gasteiger partial charge on any atom is 0.227 e. The fourth-order valence-corrected chi connectivity index (χ4v) is 3.39. The number of nitrogens with zero attached hydrogens (tertiary/aromatic N) is 1. The number of guanidine groups is 1. The highest BCUT2D eigenvalue weighted by Gasteiger charge is 2.10. The van der Waals surface area contributed by atoms with E-state index in [2.05, 4.69) is 40.0 Å². The topological polar surface area (TPSA) is 65.5 Å². The highest BCUT2D eigenvalue weighted by molar-refractivity contribution is 7.11. The summed E-state index contributed by atoms with van der Waals surface area (Å²) in [4.78, 5) is 19.0. The predicted octanol–water partition coefficient (Wildman–Crippen LogP) is 4.16. The van der Waals surface area contributed by atoms with Gasteiger partial charge in [-0.2, -0.15) is 0 Å². The molecule has 0 bridgehead atoms. The summed E-state index contributed by atoms with van der Waals surface area (Å²) in [6, 6.07) is 12.2. The normalized spacial score (nSPS) is 12.5. The molecule has 5 nitrogen and oxygen atoms in total. The molecule has 0 fully saturated rings. The van der Waals surface area contributed by atoms with E-state index in [4.69, 9.17) is 0 Å². The molecule has 1 heterocycles. The zero-order valence-electron chi connectivity index (χ0n) is 16.6. The van der Waals surface area contributed by atoms with Gasteiger partial charge in [0.1, 0.15) is 0 Å². The van der Waals surface area contributed by atoms with Gasteiger partial charge in [-0.15, -0.1) is 11.3 Å². The Balaban J connectivity index is 1.86. The van der Waals surface area contributed by atoms with E-state index in [1.165, 1.54) is 9.75 Å². The van der Waals surface area contributed by atoms with Crippen molar-refractivity contribution in [3.8, 4) is 0 Å². The van der Waals surface area contributed by atoms with Gasteiger partial charge in [0.25, 0.3) is 0 Å². The number of hydrogen-bond acceptors (Lipinski definition) is 3. The van der Waals surface area contributed by atoms with Gasteiger partial charge < -0.3 is 16.0 Å². The summed E-state index contributed by atoms with van der Waals surface area (Å²) in [7, 11) is 1.77. The molecule has 1 aromatic heterocycles. The average molecular weight is 387 g/mol. The summed E-state index contributed by atoms with van der Waals surface area (Å²) in [6.07, 6.45) is 1.90. The van der Waals surface area contributed by atoms with Crippen LogP contribution in [0.15, 0.2) is 41.4 Å². The lowest BCUT2D eigenvalue weighted by Crippen LogP contribution is -2.36. The van der Waals surface area contributed by atoms with Crippen molar-refractivity contribution in [2.45, 2.75) is 46.7 Å². The number of amides is 1. The lowest BCUT2D eigenvalue weighted by atomic mass is 10.1. The van der Waals surface area contributed by atoms with Crippen LogP contribution in [0.5, 0.6) is 0 Å². The molecule has 1 unspecified atom stereocenters. The zero-order valence-corrected chi connectivity index (χ0v) is 17.5. The average Bonchev–Trinajstić information content (AvgIpc) is 3.15. The van der Waals surface area contributed by atoms with Gasteiger partial charge in [-0.1, -0.05) is 32.9 Å². The SMILES string of the molecule is CCc1ccc(CNC(=NC)NCc2cccc(NC(=O)C(C)CC)c2)s1. The maximum atomic E-state index is 12.1. The van der Waals surface area contributed by atoms with Crippen molar-refractivity contribution in [1.29, 1.82) is 0 Å². The highest BCUT2D eigenvalue weighted by Crippen LogP contribution is 2.16. The quantitative estimate of drug-likeness (QED) is 0.471. The second-order valence-electron chi connectivity index (χ2n) is 6.50. The van der Waals surface area contributed by atoms with Crippen molar-refractivity contribution < 1.29 is 4.79 Å². The Bertz CT molecular complexity index is 769. The summed E-state index contributed by atoms with van der Waals surface area (Å²) in [5.41, 5.74) is 1.91. The van der Waals surface area contributed by atoms with Crippen molar-refractivity contribution in [3.05, 3.63) is 51.7 Å². The smallest absolute Gasteiger partial charge is 0.227 e. The highest BCUT2D eigenvalue weighted by atomic mass is 32.1. The molecule has 0 radical (unpaired) electrons. The fraction of sp³-hybridized carbons (Fsp3) is 0.429. The molecule has 0 aliphatic rings. The van der Waals surface area contributed by atoms with E-state index in [0.717, 1.165) is 36.6 Å². The van der Waals surface area contributed by atoms with Crippen molar-refractivity contribution in [2.24, 2.45) is 10.9 Å². The van der Waals surface area contributed by atoms with E-state index in [1.54, 1.807) is 7.05 Å². The first-order valence-corrected chi connectivity index (χ1v) is 10.3. The number of benzene rings is 1. The molecule has 1 atom stereocenters. The van der Waals surface area contributed by atoms with Gasteiger partial charge in [0.15, 0.2) is 5.96 Å². The second-order valence-corrected chi connectivity index (χ2v) is 7.75. The number of nitrogens with one attached hydrogen (secondary N) is 3. The maximum absolute atomic E-state index is 12.1. The van der Waals surface area contributed by atoms with Crippen LogP contribution in [-0.4, -0.2) is 18.9 Å². The van der Waals surface area contributed by atoms with E-state index in [9.17, 15) is 4.79 Å². The molecule has 3 N–H and O–H groups in total. The summed E-state index contributed by atoms with van der Waals surface area (Å²) in [6.45, 7) is 7.52. The zero-order chi connectivity index (χ0) is 19.6. The summed E-state index contributed by atoms with van der Waals surface area (Å²) in [5.74, 6) is 0.832. The monoisotopic (exact) mass is 386 g/mol. The van der Waals surface area contributed by atoms with Gasteiger partial charge in [-0.25, -0.2) is 0 Å². The molecule has 1 amide bonds. The fourth-order valence-electron chi connectivity index (χ4n) is 2.49. The Labute approximate surface area is 166 Å². The molecule has 146 valence electrons. The van der Waals surface area contributed by atoms with E-state index >= 15 is 0 Å². The number of hydrogen-bond donors (Lipinski definition) is 3. The Hall–Kier alpha value is -2.34. The van der Waals surface area contributed by atoms with Crippen molar-refractivity contribution in [2.75, 3.05) is 12.4 Å². The number of rotatable bonds is 8. The van der Waals surface area contributed by atoms with Crippen molar-refractivity contribution in [3.63, 3.8) is 0 Å². The van der Waals surface area contributed by atoms with Crippen LogP contribution in [0.4, 0.5) is 5.69 Å². The summed E-state index contributed by atoms with van der Waals surface area (Å²) >= 11 is 1.83. The molecule has 2 rings (SSSR count). The third kappa shape index (κ3) is 6.71. The molecular weight excluding hydrogens is 356 g/mol. The Morgan fingerprint density at radius 3 is 2.52 bits per heavy atom. The van der Waals surface area contributed by atoms with Crippen molar-refractivity contribution in [1.82, 2.24) is 10.6 Å². The van der Waals surface area contributed by atoms with Gasteiger partial charge in [0.2, 0.25) is 5.91 Å². The number of carbonyl (C=O) groups excluding carboxylic acids is 1. The minimum atomic E-state index is 0.0142. The minimum Gasteiger partial charge on any atom is -0.352 e. The van der Waals surface area contributed by atoms with Crippen LogP contribution >= 0.6 is 11.3 Å². The number of anilines is 1. The molecule has 1 aromatic carbocycles. The van der Waals surface area contributed by atoms with E-state index in [0.29, 0.717) is 6.54 Å². The van der Waals surface area contributed by atoms with Gasteiger partial charge in [0, 0.05) is 35.0 Å². The van der Waals surface area contributed by atoms with E-state index in [-0.39, 0.29) is 11.8 Å². The predicted molar refractivity (Wildman–Crippen MR) is 115 cm³/mol. The molecule has 0 aliphatic heterocycles. The number of carbonyl (C=O) groups is 1. The van der Waals surface area contributed by atoms with Crippen LogP contribution in [0.1, 0.15) is 42.5 Å². The molecule has 0 saturated heterocycles. The first-order valence-electron chi connectivity index (χ1n) is 9.47. The number of aliphatic imine (C=N–C) groups is 1. The van der Waals surface area contributed by atoms with E-state index < -0.39 is 0 Å². The second kappa shape index (κ2) is 10.7. The first kappa shape index (κ1) is 21.0. The molecule has 0 saturated carbocycles. The first-order chi connectivity index (χ1) is 13.0. The summed E-state index contributed by atoms with van der Waals surface area (Å²) < 4.78 is 0. The van der Waals surface area contributed by atoms with Crippen LogP contribution in [0.3, 0.4) is 0 Å². The van der Waals surface area contributed by atoms with Crippen LogP contribution in [0, 0.1) is 5.92 Å². The Kier molecular flexibility index (Phi) is 8.33. The Morgan fingerprint density at radius 1 is 1.11 bits per heavy atom. The van der Waals surface area contributed by atoms with Crippen molar-refractivity contribution >= 4 is 28.9 Å². The van der Waals surface area contributed by atoms with Crippen LogP contribution in [0.25, 0.3) is 0 Å². The van der Waals surface area contributed by atoms with Gasteiger partial charge in [-0.3, -0.25) is 9.79 Å². The van der Waals surface area contributed by atoms with Gasteiger partial charge in [0.05, 0.1) is 6.54 Å². The standard InChI is InChI=1S/C21H30N4OS/c1-5-15(3)20(26)25-17-9-7-8-16(12-17)13-23-21(22-4)24-14-19-11-10-18(6-2)27-19/h7-12,15H,5-6,13-14H2,1-4H3,(H,25,26)(H2,22,23,24). The minimum absolute atomic E-state index is 0.0142. The molecule has 2 aromatic rings.